The zero-order valence-corrected chi connectivity index (χ0v) is 21.9. The van der Waals surface area contributed by atoms with E-state index in [9.17, 15) is 14.7 Å². The highest BCUT2D eigenvalue weighted by molar-refractivity contribution is 6.31. The Bertz CT molecular complexity index is 1070. The second kappa shape index (κ2) is 12.5. The molecule has 0 fully saturated rings. The van der Waals surface area contributed by atoms with Gasteiger partial charge in [0.25, 0.3) is 0 Å². The van der Waals surface area contributed by atoms with Gasteiger partial charge in [-0.05, 0) is 42.7 Å². The number of hydrogen-bond donors (Lipinski definition) is 3. The van der Waals surface area contributed by atoms with Crippen LogP contribution in [0.4, 0.5) is 4.79 Å². The molecule has 1 aromatic carbocycles. The van der Waals surface area contributed by atoms with Crippen molar-refractivity contribution in [3.05, 3.63) is 64.4 Å². The third-order valence-corrected chi connectivity index (χ3v) is 6.95. The standard InChI is InChI=1S/C27H34ClN3O6/c1-3-36-27(34)31-12-10-21-22-14-18(28)6-9-23(22)30-25(21)26(31)17-4-7-20(8-5-17)37-13-11-19(32)15-29-24(33)16-35-2/h4-9,14,19,22-23,26,30,32H,3,10-13,15-16H2,1-2H3,(H,29,33)/t19?,22?,23?,26-/m0/s1. The minimum atomic E-state index is -0.723. The number of nitrogens with zero attached hydrogens (tertiary/aromatic N) is 1. The first-order valence-corrected chi connectivity index (χ1v) is 12.9. The molecule has 4 rings (SSSR count). The van der Waals surface area contributed by atoms with Crippen LogP contribution >= 0.6 is 11.6 Å². The fraction of sp³-hybridized carbons (Fsp3) is 0.481. The minimum Gasteiger partial charge on any atom is -0.493 e. The number of allylic oxidation sites excluding steroid dienone is 2. The molecule has 10 heteroatoms. The lowest BCUT2D eigenvalue weighted by molar-refractivity contribution is -0.125. The van der Waals surface area contributed by atoms with Crippen molar-refractivity contribution >= 4 is 23.6 Å². The Balaban J connectivity index is 1.43. The summed E-state index contributed by atoms with van der Waals surface area (Å²) in [6.45, 7) is 3.05. The molecule has 2 heterocycles. The van der Waals surface area contributed by atoms with Crippen LogP contribution in [-0.4, -0.2) is 74.2 Å². The van der Waals surface area contributed by atoms with Crippen molar-refractivity contribution in [2.24, 2.45) is 5.92 Å². The molecule has 37 heavy (non-hydrogen) atoms. The number of fused-ring (bicyclic) bond motifs is 2. The summed E-state index contributed by atoms with van der Waals surface area (Å²) in [5.74, 6) is 0.549. The Labute approximate surface area is 222 Å². The van der Waals surface area contributed by atoms with Crippen LogP contribution in [0.2, 0.25) is 0 Å². The van der Waals surface area contributed by atoms with Gasteiger partial charge >= 0.3 is 6.09 Å². The predicted molar refractivity (Wildman–Crippen MR) is 139 cm³/mol. The van der Waals surface area contributed by atoms with Crippen LogP contribution in [0.15, 0.2) is 58.8 Å². The molecule has 1 aromatic rings. The number of carbonyl (C=O) groups is 2. The molecular formula is C27H34ClN3O6. The molecular weight excluding hydrogens is 498 g/mol. The average Bonchev–Trinajstić information content (AvgIpc) is 3.25. The van der Waals surface area contributed by atoms with Gasteiger partial charge in [-0.15, -0.1) is 0 Å². The summed E-state index contributed by atoms with van der Waals surface area (Å²) in [5, 5.41) is 17.0. The second-order valence-electron chi connectivity index (χ2n) is 9.19. The highest BCUT2D eigenvalue weighted by atomic mass is 35.5. The fourth-order valence-corrected chi connectivity index (χ4v) is 5.17. The van der Waals surface area contributed by atoms with Crippen molar-refractivity contribution in [3.63, 3.8) is 0 Å². The van der Waals surface area contributed by atoms with Crippen LogP contribution in [0, 0.1) is 5.92 Å². The maximum atomic E-state index is 12.9. The lowest BCUT2D eigenvalue weighted by Crippen LogP contribution is -2.42. The van der Waals surface area contributed by atoms with Crippen LogP contribution in [-0.2, 0) is 14.3 Å². The van der Waals surface area contributed by atoms with E-state index in [1.54, 1.807) is 11.8 Å². The van der Waals surface area contributed by atoms with Gasteiger partial charge < -0.3 is 30.0 Å². The number of methoxy groups -OCH3 is 1. The van der Waals surface area contributed by atoms with Gasteiger partial charge in [0.1, 0.15) is 18.4 Å². The van der Waals surface area contributed by atoms with Crippen molar-refractivity contribution in [1.29, 1.82) is 0 Å². The van der Waals surface area contributed by atoms with Crippen molar-refractivity contribution in [3.8, 4) is 5.75 Å². The number of halogens is 1. The minimum absolute atomic E-state index is 0.0411. The third-order valence-electron chi connectivity index (χ3n) is 6.69. The molecule has 9 nitrogen and oxygen atoms in total. The number of carbonyl (C=O) groups excluding carboxylic acids is 2. The third kappa shape index (κ3) is 6.47. The van der Waals surface area contributed by atoms with Crippen LogP contribution in [0.5, 0.6) is 5.75 Å². The van der Waals surface area contributed by atoms with E-state index >= 15 is 0 Å². The molecule has 3 aliphatic rings. The van der Waals surface area contributed by atoms with E-state index in [-0.39, 0.29) is 43.2 Å². The largest absolute Gasteiger partial charge is 0.493 e. The molecule has 0 aromatic heterocycles. The zero-order chi connectivity index (χ0) is 26.4. The Morgan fingerprint density at radius 2 is 2.08 bits per heavy atom. The number of nitrogens with one attached hydrogen (secondary N) is 2. The number of aliphatic hydroxyl groups is 1. The quantitative estimate of drug-likeness (QED) is 0.426. The highest BCUT2D eigenvalue weighted by Crippen LogP contribution is 2.44. The van der Waals surface area contributed by atoms with Gasteiger partial charge in [-0.3, -0.25) is 9.69 Å². The molecule has 200 valence electrons. The lowest BCUT2D eigenvalue weighted by atomic mass is 9.85. The number of rotatable bonds is 10. The predicted octanol–water partition coefficient (Wildman–Crippen LogP) is 3.02. The van der Waals surface area contributed by atoms with E-state index in [0.29, 0.717) is 31.9 Å². The molecule has 4 atom stereocenters. The van der Waals surface area contributed by atoms with Crippen molar-refractivity contribution in [1.82, 2.24) is 15.5 Å². The molecule has 0 spiro atoms. The SMILES string of the molecule is CCOC(=O)N1CCC2=C(NC3C=CC(Cl)=CC23)[C@@H]1c1ccc(OCCC(O)CNC(=O)COC)cc1. The molecule has 0 radical (unpaired) electrons. The molecule has 1 aliphatic carbocycles. The Morgan fingerprint density at radius 1 is 1.30 bits per heavy atom. The first-order valence-electron chi connectivity index (χ1n) is 12.6. The molecule has 3 unspecified atom stereocenters. The normalized spacial score (nSPS) is 23.0. The summed E-state index contributed by atoms with van der Waals surface area (Å²) < 4.78 is 15.9. The molecule has 0 saturated heterocycles. The Morgan fingerprint density at radius 3 is 2.81 bits per heavy atom. The number of hydrogen-bond acceptors (Lipinski definition) is 7. The van der Waals surface area contributed by atoms with Crippen molar-refractivity contribution < 1.29 is 28.9 Å². The van der Waals surface area contributed by atoms with Gasteiger partial charge in [0.2, 0.25) is 5.91 Å². The van der Waals surface area contributed by atoms with E-state index in [0.717, 1.165) is 22.7 Å². The summed E-state index contributed by atoms with van der Waals surface area (Å²) in [7, 11) is 1.44. The summed E-state index contributed by atoms with van der Waals surface area (Å²) in [6.07, 6.45) is 6.11. The monoisotopic (exact) mass is 531 g/mol. The smallest absolute Gasteiger partial charge is 0.410 e. The maximum absolute atomic E-state index is 12.9. The van der Waals surface area contributed by atoms with Crippen LogP contribution in [0.1, 0.15) is 31.4 Å². The van der Waals surface area contributed by atoms with Gasteiger partial charge in [-0.25, -0.2) is 4.79 Å². The van der Waals surface area contributed by atoms with E-state index < -0.39 is 6.10 Å². The number of benzene rings is 1. The fourth-order valence-electron chi connectivity index (χ4n) is 4.96. The number of ether oxygens (including phenoxy) is 3. The molecule has 0 saturated carbocycles. The lowest BCUT2D eigenvalue weighted by Gasteiger charge is -2.37. The van der Waals surface area contributed by atoms with E-state index in [1.165, 1.54) is 12.7 Å². The van der Waals surface area contributed by atoms with E-state index in [2.05, 4.69) is 22.8 Å². The zero-order valence-electron chi connectivity index (χ0n) is 21.1. The van der Waals surface area contributed by atoms with Gasteiger partial charge in [0.15, 0.2) is 0 Å². The number of aliphatic hydroxyl groups excluding tert-OH is 1. The van der Waals surface area contributed by atoms with E-state index in [4.69, 9.17) is 25.8 Å². The molecule has 0 bridgehead atoms. The molecule has 2 amide bonds. The number of amides is 2. The van der Waals surface area contributed by atoms with Crippen LogP contribution in [0.3, 0.4) is 0 Å². The maximum Gasteiger partial charge on any atom is 0.410 e. The first kappa shape index (κ1) is 27.0. The molecule has 2 aliphatic heterocycles. The summed E-state index contributed by atoms with van der Waals surface area (Å²) in [6, 6.07) is 7.43. The van der Waals surface area contributed by atoms with Crippen molar-refractivity contribution in [2.75, 3.05) is 40.0 Å². The summed E-state index contributed by atoms with van der Waals surface area (Å²) in [5.41, 5.74) is 3.23. The van der Waals surface area contributed by atoms with Gasteiger partial charge in [-0.1, -0.05) is 35.9 Å². The second-order valence-corrected chi connectivity index (χ2v) is 9.62. The van der Waals surface area contributed by atoms with Gasteiger partial charge in [-0.2, -0.15) is 0 Å². The summed E-state index contributed by atoms with van der Waals surface area (Å²) >= 11 is 6.30. The van der Waals surface area contributed by atoms with Gasteiger partial charge in [0, 0.05) is 43.3 Å². The molecule has 3 N–H and O–H groups in total. The van der Waals surface area contributed by atoms with Crippen LogP contribution in [0.25, 0.3) is 0 Å². The van der Waals surface area contributed by atoms with Crippen molar-refractivity contribution in [2.45, 2.75) is 38.0 Å². The van der Waals surface area contributed by atoms with Gasteiger partial charge in [0.05, 0.1) is 25.4 Å². The Hall–Kier alpha value is -3.01. The average molecular weight is 532 g/mol. The summed E-state index contributed by atoms with van der Waals surface area (Å²) in [4.78, 5) is 26.1. The first-order chi connectivity index (χ1) is 17.9. The highest BCUT2D eigenvalue weighted by Gasteiger charge is 2.43. The Kier molecular flexibility index (Phi) is 9.13. The van der Waals surface area contributed by atoms with E-state index in [1.807, 2.05) is 30.3 Å². The topological polar surface area (TPSA) is 109 Å². The van der Waals surface area contributed by atoms with Crippen LogP contribution < -0.4 is 15.4 Å².